The molecule has 0 aromatic heterocycles. The van der Waals surface area contributed by atoms with Gasteiger partial charge in [0.2, 0.25) is 0 Å². The fraction of sp³-hybridized carbons (Fsp3) is 0.300. The van der Waals surface area contributed by atoms with E-state index < -0.39 is 11.5 Å². The third-order valence-corrected chi connectivity index (χ3v) is 3.56. The fourth-order valence-electron chi connectivity index (χ4n) is 1.86. The maximum atomic E-state index is 11.0. The second-order valence-corrected chi connectivity index (χ2v) is 4.60. The van der Waals surface area contributed by atoms with Crippen LogP contribution in [0.1, 0.15) is 11.1 Å². The molecule has 0 radical (unpaired) electrons. The first-order valence-electron chi connectivity index (χ1n) is 4.42. The number of fused-ring (bicyclic) bond motifs is 1. The Bertz CT molecular complexity index is 447. The van der Waals surface area contributed by atoms with Crippen molar-refractivity contribution in [1.82, 2.24) is 0 Å². The third-order valence-electron chi connectivity index (χ3n) is 2.72. The molecule has 0 fully saturated rings. The van der Waals surface area contributed by atoms with Crippen molar-refractivity contribution in [2.24, 2.45) is 5.73 Å². The molecular weight excluding hydrogens is 237 g/mol. The zero-order valence-corrected chi connectivity index (χ0v) is 9.27. The van der Waals surface area contributed by atoms with Crippen LogP contribution in [0.25, 0.3) is 0 Å². The topological polar surface area (TPSA) is 63.3 Å². The fourth-order valence-corrected chi connectivity index (χ4v) is 2.29. The van der Waals surface area contributed by atoms with Gasteiger partial charge in [-0.3, -0.25) is 4.79 Å². The van der Waals surface area contributed by atoms with Crippen molar-refractivity contribution in [3.8, 4) is 0 Å². The van der Waals surface area contributed by atoms with E-state index in [1.807, 2.05) is 0 Å². The molecule has 3 N–H and O–H groups in total. The Morgan fingerprint density at radius 3 is 2.67 bits per heavy atom. The molecule has 15 heavy (non-hydrogen) atoms. The number of hydrogen-bond acceptors (Lipinski definition) is 2. The van der Waals surface area contributed by atoms with Crippen LogP contribution in [0.5, 0.6) is 0 Å². The number of aliphatic carboxylic acids is 1. The highest BCUT2D eigenvalue weighted by Gasteiger charge is 2.41. The van der Waals surface area contributed by atoms with E-state index in [1.54, 1.807) is 12.1 Å². The first-order chi connectivity index (χ1) is 6.94. The number of hydrogen-bond donors (Lipinski definition) is 2. The lowest BCUT2D eigenvalue weighted by Crippen LogP contribution is -2.48. The molecule has 1 unspecified atom stereocenters. The average molecular weight is 246 g/mol. The van der Waals surface area contributed by atoms with Gasteiger partial charge in [0, 0.05) is 12.8 Å². The van der Waals surface area contributed by atoms with Crippen LogP contribution in [0.2, 0.25) is 10.0 Å². The Kier molecular flexibility index (Phi) is 2.41. The van der Waals surface area contributed by atoms with Crippen molar-refractivity contribution in [3.63, 3.8) is 0 Å². The highest BCUT2D eigenvalue weighted by Crippen LogP contribution is 2.37. The Morgan fingerprint density at radius 2 is 2.07 bits per heavy atom. The molecule has 0 aliphatic heterocycles. The van der Waals surface area contributed by atoms with Gasteiger partial charge in [-0.25, -0.2) is 0 Å². The van der Waals surface area contributed by atoms with E-state index >= 15 is 0 Å². The minimum absolute atomic E-state index is 0.233. The van der Waals surface area contributed by atoms with Crippen molar-refractivity contribution < 1.29 is 9.90 Å². The summed E-state index contributed by atoms with van der Waals surface area (Å²) in [5.74, 6) is -1.01. The Balaban J connectivity index is 2.48. The molecule has 80 valence electrons. The van der Waals surface area contributed by atoms with Gasteiger partial charge in [-0.1, -0.05) is 29.3 Å². The lowest BCUT2D eigenvalue weighted by Gasteiger charge is -2.16. The van der Waals surface area contributed by atoms with Gasteiger partial charge in [-0.05, 0) is 17.2 Å². The number of halogens is 2. The molecule has 2 rings (SSSR count). The third kappa shape index (κ3) is 1.61. The number of carboxylic acid groups (broad SMARTS) is 1. The van der Waals surface area contributed by atoms with Crippen LogP contribution in [-0.2, 0) is 17.6 Å². The molecule has 1 aliphatic carbocycles. The predicted molar refractivity (Wildman–Crippen MR) is 58.4 cm³/mol. The summed E-state index contributed by atoms with van der Waals surface area (Å²) in [6.45, 7) is 0. The van der Waals surface area contributed by atoms with E-state index in [1.165, 1.54) is 0 Å². The summed E-state index contributed by atoms with van der Waals surface area (Å²) in [7, 11) is 0. The molecule has 1 aromatic carbocycles. The lowest BCUT2D eigenvalue weighted by atomic mass is 9.98. The van der Waals surface area contributed by atoms with E-state index in [4.69, 9.17) is 34.0 Å². The predicted octanol–water partition coefficient (Wildman–Crippen LogP) is 1.87. The van der Waals surface area contributed by atoms with Gasteiger partial charge in [0.05, 0.1) is 10.0 Å². The van der Waals surface area contributed by atoms with Gasteiger partial charge in [0.25, 0.3) is 0 Å². The molecule has 0 saturated carbocycles. The van der Waals surface area contributed by atoms with Crippen molar-refractivity contribution in [2.45, 2.75) is 18.4 Å². The first-order valence-corrected chi connectivity index (χ1v) is 5.18. The molecule has 1 aromatic rings. The summed E-state index contributed by atoms with van der Waals surface area (Å²) in [6, 6.07) is 3.44. The summed E-state index contributed by atoms with van der Waals surface area (Å²) in [5.41, 5.74) is 6.16. The van der Waals surface area contributed by atoms with Gasteiger partial charge in [-0.15, -0.1) is 0 Å². The van der Waals surface area contributed by atoms with E-state index in [-0.39, 0.29) is 6.42 Å². The molecular formula is C10H9Cl2NO2. The maximum absolute atomic E-state index is 11.0. The second kappa shape index (κ2) is 3.37. The van der Waals surface area contributed by atoms with Crippen molar-refractivity contribution >= 4 is 29.2 Å². The number of nitrogens with two attached hydrogens (primary N) is 1. The Hall–Kier alpha value is -0.770. The maximum Gasteiger partial charge on any atom is 0.324 e. The second-order valence-electron chi connectivity index (χ2n) is 3.81. The normalized spacial score (nSPS) is 23.9. The van der Waals surface area contributed by atoms with Gasteiger partial charge in [0.1, 0.15) is 5.54 Å². The monoisotopic (exact) mass is 245 g/mol. The van der Waals surface area contributed by atoms with Gasteiger partial charge < -0.3 is 10.8 Å². The SMILES string of the molecule is NC1(C(=O)O)Cc2ccc(Cl)c(Cl)c2C1. The van der Waals surface area contributed by atoms with Crippen LogP contribution in [0.15, 0.2) is 12.1 Å². The highest BCUT2D eigenvalue weighted by atomic mass is 35.5. The summed E-state index contributed by atoms with van der Waals surface area (Å²) in [6.07, 6.45) is 0.533. The number of carbonyl (C=O) groups is 1. The summed E-state index contributed by atoms with van der Waals surface area (Å²) >= 11 is 11.8. The molecule has 1 atom stereocenters. The molecule has 3 nitrogen and oxygen atoms in total. The standard InChI is InChI=1S/C10H9Cl2NO2/c11-7-2-1-5-3-10(13,9(14)15)4-6(5)8(7)12/h1-2H,3-4,13H2,(H,14,15). The van der Waals surface area contributed by atoms with Crippen molar-refractivity contribution in [2.75, 3.05) is 0 Å². The van der Waals surface area contributed by atoms with Gasteiger partial charge in [-0.2, -0.15) is 0 Å². The van der Waals surface area contributed by atoms with Crippen LogP contribution in [0.4, 0.5) is 0 Å². The molecule has 0 bridgehead atoms. The van der Waals surface area contributed by atoms with Crippen LogP contribution in [0, 0.1) is 0 Å². The van der Waals surface area contributed by atoms with Crippen LogP contribution < -0.4 is 5.73 Å². The molecule has 0 saturated heterocycles. The van der Waals surface area contributed by atoms with Crippen LogP contribution >= 0.6 is 23.2 Å². The van der Waals surface area contributed by atoms with E-state index in [9.17, 15) is 4.79 Å². The van der Waals surface area contributed by atoms with Crippen molar-refractivity contribution in [1.29, 1.82) is 0 Å². The lowest BCUT2D eigenvalue weighted by molar-refractivity contribution is -0.142. The van der Waals surface area contributed by atoms with Crippen molar-refractivity contribution in [3.05, 3.63) is 33.3 Å². The highest BCUT2D eigenvalue weighted by molar-refractivity contribution is 6.42. The molecule has 1 aliphatic rings. The quantitative estimate of drug-likeness (QED) is 0.795. The largest absolute Gasteiger partial charge is 0.480 e. The molecule has 5 heteroatoms. The summed E-state index contributed by atoms with van der Waals surface area (Å²) < 4.78 is 0. The Morgan fingerprint density at radius 1 is 1.40 bits per heavy atom. The van der Waals surface area contributed by atoms with E-state index in [0.717, 1.165) is 11.1 Å². The zero-order chi connectivity index (χ0) is 11.2. The Labute approximate surface area is 96.8 Å². The first kappa shape index (κ1) is 10.7. The van der Waals surface area contributed by atoms with Crippen LogP contribution in [-0.4, -0.2) is 16.6 Å². The minimum atomic E-state index is -1.24. The number of rotatable bonds is 1. The molecule has 0 spiro atoms. The minimum Gasteiger partial charge on any atom is -0.480 e. The molecule has 0 heterocycles. The summed E-state index contributed by atoms with van der Waals surface area (Å²) in [5, 5.41) is 9.86. The number of carboxylic acids is 1. The zero-order valence-electron chi connectivity index (χ0n) is 7.76. The van der Waals surface area contributed by atoms with Gasteiger partial charge >= 0.3 is 5.97 Å². The van der Waals surface area contributed by atoms with E-state index in [0.29, 0.717) is 16.5 Å². The number of benzene rings is 1. The van der Waals surface area contributed by atoms with Crippen LogP contribution in [0.3, 0.4) is 0 Å². The smallest absolute Gasteiger partial charge is 0.324 e. The summed E-state index contributed by atoms with van der Waals surface area (Å²) in [4.78, 5) is 11.0. The average Bonchev–Trinajstić information content (AvgIpc) is 2.51. The van der Waals surface area contributed by atoms with Gasteiger partial charge in [0.15, 0.2) is 0 Å². The van der Waals surface area contributed by atoms with E-state index in [2.05, 4.69) is 0 Å². The molecule has 0 amide bonds.